The predicted octanol–water partition coefficient (Wildman–Crippen LogP) is 2.88. The van der Waals surface area contributed by atoms with Crippen molar-refractivity contribution in [3.63, 3.8) is 0 Å². The van der Waals surface area contributed by atoms with E-state index in [0.29, 0.717) is 19.4 Å². The number of aliphatic hydroxyl groups is 1. The lowest BCUT2D eigenvalue weighted by Gasteiger charge is -2.23. The number of rotatable bonds is 4. The Labute approximate surface area is 151 Å². The molecule has 3 aromatic rings. The topological polar surface area (TPSA) is 78.5 Å². The number of fused-ring (bicyclic) bond motifs is 1. The lowest BCUT2D eigenvalue weighted by Crippen LogP contribution is -2.37. The van der Waals surface area contributed by atoms with Gasteiger partial charge in [0, 0.05) is 23.8 Å². The van der Waals surface area contributed by atoms with Gasteiger partial charge in [0.25, 0.3) is 0 Å². The van der Waals surface area contributed by atoms with Crippen LogP contribution in [-0.4, -0.2) is 44.8 Å². The summed E-state index contributed by atoms with van der Waals surface area (Å²) in [5.41, 5.74) is 2.87. The molecule has 0 spiro atoms. The highest BCUT2D eigenvalue weighted by Crippen LogP contribution is 2.26. The molecule has 2 N–H and O–H groups in total. The van der Waals surface area contributed by atoms with E-state index in [0.717, 1.165) is 22.2 Å². The van der Waals surface area contributed by atoms with Gasteiger partial charge in [-0.1, -0.05) is 30.3 Å². The number of hydrogen-bond donors (Lipinski definition) is 2. The fraction of sp³-hybridized carbons (Fsp3) is 0.300. The molecule has 4 rings (SSSR count). The second-order valence-corrected chi connectivity index (χ2v) is 6.65. The summed E-state index contributed by atoms with van der Waals surface area (Å²) in [6, 6.07) is 13.4. The number of H-pyrrole nitrogens is 1. The van der Waals surface area contributed by atoms with Gasteiger partial charge in [0.05, 0.1) is 12.6 Å². The highest BCUT2D eigenvalue weighted by atomic mass is 16.6. The third kappa shape index (κ3) is 3.41. The summed E-state index contributed by atoms with van der Waals surface area (Å²) in [5.74, 6) is 0. The zero-order valence-electron chi connectivity index (χ0n) is 14.3. The molecule has 1 aliphatic heterocycles. The molecule has 2 aromatic heterocycles. The van der Waals surface area contributed by atoms with Crippen molar-refractivity contribution >= 4 is 17.1 Å². The Morgan fingerprint density at radius 3 is 2.96 bits per heavy atom. The first-order valence-electron chi connectivity index (χ1n) is 8.77. The van der Waals surface area contributed by atoms with E-state index in [9.17, 15) is 9.90 Å². The van der Waals surface area contributed by atoms with E-state index in [4.69, 9.17) is 4.74 Å². The minimum absolute atomic E-state index is 0.0903. The van der Waals surface area contributed by atoms with Crippen LogP contribution < -0.4 is 0 Å². The van der Waals surface area contributed by atoms with Crippen molar-refractivity contribution < 1.29 is 14.6 Å². The maximum atomic E-state index is 12.5. The number of ether oxygens (including phenoxy) is 1. The van der Waals surface area contributed by atoms with Crippen LogP contribution in [0, 0.1) is 0 Å². The van der Waals surface area contributed by atoms with E-state index < -0.39 is 6.10 Å². The molecule has 0 aliphatic carbocycles. The van der Waals surface area contributed by atoms with Crippen molar-refractivity contribution in [1.82, 2.24) is 14.9 Å². The monoisotopic (exact) mass is 351 g/mol. The summed E-state index contributed by atoms with van der Waals surface area (Å²) in [6.07, 6.45) is 3.97. The van der Waals surface area contributed by atoms with Gasteiger partial charge in [-0.3, -0.25) is 0 Å². The van der Waals surface area contributed by atoms with E-state index in [1.54, 1.807) is 11.1 Å². The van der Waals surface area contributed by atoms with E-state index in [-0.39, 0.29) is 18.7 Å². The van der Waals surface area contributed by atoms with E-state index in [1.807, 2.05) is 48.7 Å². The van der Waals surface area contributed by atoms with Crippen LogP contribution >= 0.6 is 0 Å². The smallest absolute Gasteiger partial charge is 0.410 e. The quantitative estimate of drug-likeness (QED) is 0.758. The number of likely N-dealkylation sites (tertiary alicyclic amines) is 1. The second kappa shape index (κ2) is 7.17. The first-order valence-corrected chi connectivity index (χ1v) is 8.77. The van der Waals surface area contributed by atoms with Crippen molar-refractivity contribution in [2.75, 3.05) is 6.54 Å². The molecule has 1 fully saturated rings. The Hall–Kier alpha value is -2.86. The molecule has 1 saturated heterocycles. The summed E-state index contributed by atoms with van der Waals surface area (Å²) in [7, 11) is 0. The van der Waals surface area contributed by atoms with Crippen LogP contribution in [0.2, 0.25) is 0 Å². The summed E-state index contributed by atoms with van der Waals surface area (Å²) in [5, 5.41) is 11.1. The number of carbonyl (C=O) groups excluding carboxylic acids is 1. The van der Waals surface area contributed by atoms with Crippen LogP contribution in [0.15, 0.2) is 54.9 Å². The summed E-state index contributed by atoms with van der Waals surface area (Å²) in [4.78, 5) is 21.6. The standard InChI is InChI=1S/C20H21N3O3/c24-17-10-16(9-15-11-22-19-18(15)7-4-8-21-19)23(12-17)20(25)26-13-14-5-2-1-3-6-14/h1-8,11,16-17,24H,9-10,12-13H2,(H,21,22)/t16-,17-/m1/s1. The number of aromatic amines is 1. The molecule has 2 atom stereocenters. The Kier molecular flexibility index (Phi) is 4.58. The summed E-state index contributed by atoms with van der Waals surface area (Å²) in [6.45, 7) is 0.537. The number of pyridine rings is 1. The van der Waals surface area contributed by atoms with E-state index in [2.05, 4.69) is 9.97 Å². The van der Waals surface area contributed by atoms with Gasteiger partial charge in [-0.25, -0.2) is 9.78 Å². The third-order valence-electron chi connectivity index (χ3n) is 4.82. The molecular weight excluding hydrogens is 330 g/mol. The lowest BCUT2D eigenvalue weighted by molar-refractivity contribution is 0.0877. The molecule has 0 radical (unpaired) electrons. The Morgan fingerprint density at radius 2 is 2.12 bits per heavy atom. The zero-order valence-corrected chi connectivity index (χ0v) is 14.3. The van der Waals surface area contributed by atoms with Gasteiger partial charge in [0.2, 0.25) is 0 Å². The number of nitrogens with one attached hydrogen (secondary N) is 1. The third-order valence-corrected chi connectivity index (χ3v) is 4.82. The number of benzene rings is 1. The maximum absolute atomic E-state index is 12.5. The number of aromatic nitrogens is 2. The predicted molar refractivity (Wildman–Crippen MR) is 97.5 cm³/mol. The first-order chi connectivity index (χ1) is 12.7. The summed E-state index contributed by atoms with van der Waals surface area (Å²) < 4.78 is 5.45. The Bertz CT molecular complexity index is 893. The molecule has 1 amide bonds. The average Bonchev–Trinajstić information content (AvgIpc) is 3.24. The van der Waals surface area contributed by atoms with Crippen LogP contribution in [0.4, 0.5) is 4.79 Å². The van der Waals surface area contributed by atoms with Crippen LogP contribution in [0.1, 0.15) is 17.5 Å². The molecule has 26 heavy (non-hydrogen) atoms. The van der Waals surface area contributed by atoms with Gasteiger partial charge in [-0.15, -0.1) is 0 Å². The average molecular weight is 351 g/mol. The molecule has 0 bridgehead atoms. The van der Waals surface area contributed by atoms with Crippen molar-refractivity contribution in [1.29, 1.82) is 0 Å². The van der Waals surface area contributed by atoms with E-state index >= 15 is 0 Å². The van der Waals surface area contributed by atoms with E-state index in [1.165, 1.54) is 0 Å². The minimum atomic E-state index is -0.521. The largest absolute Gasteiger partial charge is 0.445 e. The number of amides is 1. The molecule has 1 aromatic carbocycles. The van der Waals surface area contributed by atoms with Crippen molar-refractivity contribution in [3.8, 4) is 0 Å². The van der Waals surface area contributed by atoms with Crippen molar-refractivity contribution in [3.05, 3.63) is 66.0 Å². The molecule has 134 valence electrons. The number of nitrogens with zero attached hydrogens (tertiary/aromatic N) is 2. The number of hydrogen-bond acceptors (Lipinski definition) is 4. The Balaban J connectivity index is 1.45. The number of carbonyl (C=O) groups is 1. The SMILES string of the molecule is O=C(OCc1ccccc1)N1C[C@H](O)C[C@H]1Cc1c[nH]c2ncccc12. The van der Waals surface area contributed by atoms with Crippen LogP contribution in [0.3, 0.4) is 0 Å². The van der Waals surface area contributed by atoms with Crippen LogP contribution in [0.25, 0.3) is 11.0 Å². The first kappa shape index (κ1) is 16.6. The highest BCUT2D eigenvalue weighted by Gasteiger charge is 2.35. The normalized spacial score (nSPS) is 19.8. The second-order valence-electron chi connectivity index (χ2n) is 6.65. The fourth-order valence-electron chi connectivity index (χ4n) is 3.55. The van der Waals surface area contributed by atoms with Crippen molar-refractivity contribution in [2.45, 2.75) is 31.6 Å². The molecular formula is C20H21N3O3. The molecule has 6 nitrogen and oxygen atoms in total. The van der Waals surface area contributed by atoms with Gasteiger partial charge in [-0.2, -0.15) is 0 Å². The van der Waals surface area contributed by atoms with Gasteiger partial charge < -0.3 is 19.7 Å². The molecule has 0 saturated carbocycles. The van der Waals surface area contributed by atoms with Crippen LogP contribution in [0.5, 0.6) is 0 Å². The molecule has 0 unspecified atom stereocenters. The molecule has 3 heterocycles. The number of aliphatic hydroxyl groups excluding tert-OH is 1. The van der Waals surface area contributed by atoms with Gasteiger partial charge in [0.1, 0.15) is 12.3 Å². The van der Waals surface area contributed by atoms with Gasteiger partial charge in [-0.05, 0) is 36.1 Å². The molecule has 1 aliphatic rings. The fourth-order valence-corrected chi connectivity index (χ4v) is 3.55. The Morgan fingerprint density at radius 1 is 1.27 bits per heavy atom. The number of β-amino-alcohol motifs (C(OH)–C–C–N with tert-alkyl or cyclic N) is 1. The molecule has 6 heteroatoms. The maximum Gasteiger partial charge on any atom is 0.410 e. The lowest BCUT2D eigenvalue weighted by atomic mass is 10.0. The summed E-state index contributed by atoms with van der Waals surface area (Å²) >= 11 is 0. The van der Waals surface area contributed by atoms with Gasteiger partial charge >= 0.3 is 6.09 Å². The van der Waals surface area contributed by atoms with Gasteiger partial charge in [0.15, 0.2) is 0 Å². The minimum Gasteiger partial charge on any atom is -0.445 e. The van der Waals surface area contributed by atoms with Crippen LogP contribution in [-0.2, 0) is 17.8 Å². The zero-order chi connectivity index (χ0) is 17.9. The van der Waals surface area contributed by atoms with Crippen molar-refractivity contribution in [2.24, 2.45) is 0 Å². The highest BCUT2D eigenvalue weighted by molar-refractivity contribution is 5.79.